The number of furan rings is 3. The van der Waals surface area contributed by atoms with Crippen molar-refractivity contribution in [1.29, 1.82) is 0 Å². The minimum atomic E-state index is 0.780. The van der Waals surface area contributed by atoms with E-state index in [1.54, 1.807) is 18.8 Å². The number of hydrogen-bond acceptors (Lipinski definition) is 6. The van der Waals surface area contributed by atoms with Gasteiger partial charge in [0.25, 0.3) is 0 Å². The molecule has 0 aliphatic carbocycles. The van der Waals surface area contributed by atoms with E-state index < -0.39 is 0 Å². The highest BCUT2D eigenvalue weighted by Crippen LogP contribution is 2.07. The van der Waals surface area contributed by atoms with E-state index in [4.69, 9.17) is 13.3 Å². The summed E-state index contributed by atoms with van der Waals surface area (Å²) in [6.07, 6.45) is 7.33. The highest BCUT2D eigenvalue weighted by Gasteiger charge is 2.08. The van der Waals surface area contributed by atoms with Crippen molar-refractivity contribution >= 4 is 0 Å². The lowest BCUT2D eigenvalue weighted by Gasteiger charge is -2.21. The van der Waals surface area contributed by atoms with Gasteiger partial charge in [0.15, 0.2) is 0 Å². The lowest BCUT2D eigenvalue weighted by atomic mass is 10.3. The molecule has 6 heteroatoms. The van der Waals surface area contributed by atoms with Gasteiger partial charge in [-0.25, -0.2) is 0 Å². The molecule has 0 fully saturated rings. The molecular weight excluding hydrogens is 342 g/mol. The summed E-state index contributed by atoms with van der Waals surface area (Å²) in [7, 11) is 0. The first-order chi connectivity index (χ1) is 13.4. The highest BCUT2D eigenvalue weighted by molar-refractivity contribution is 4.99. The summed E-state index contributed by atoms with van der Waals surface area (Å²) in [4.78, 5) is 2.45. The smallest absolute Gasteiger partial charge is 0.117 e. The normalized spacial score (nSPS) is 11.4. The average molecular weight is 371 g/mol. The predicted molar refractivity (Wildman–Crippen MR) is 104 cm³/mol. The quantitative estimate of drug-likeness (QED) is 0.422. The number of rotatable bonds is 14. The minimum Gasteiger partial charge on any atom is -0.468 e. The van der Waals surface area contributed by atoms with E-state index in [-0.39, 0.29) is 0 Å². The van der Waals surface area contributed by atoms with Crippen LogP contribution in [0.2, 0.25) is 0 Å². The molecule has 0 bridgehead atoms. The van der Waals surface area contributed by atoms with Gasteiger partial charge in [0.1, 0.15) is 17.3 Å². The topological polar surface area (TPSA) is 66.7 Å². The summed E-state index contributed by atoms with van der Waals surface area (Å²) in [6.45, 7) is 6.40. The summed E-state index contributed by atoms with van der Waals surface area (Å²) in [6, 6.07) is 11.8. The van der Waals surface area contributed by atoms with Crippen LogP contribution in [0.4, 0.5) is 0 Å². The molecule has 27 heavy (non-hydrogen) atoms. The summed E-state index contributed by atoms with van der Waals surface area (Å²) < 4.78 is 16.2. The van der Waals surface area contributed by atoms with Crippen LogP contribution in [0.1, 0.15) is 30.1 Å². The fourth-order valence-electron chi connectivity index (χ4n) is 3.00. The molecule has 0 saturated carbocycles. The van der Waals surface area contributed by atoms with Crippen molar-refractivity contribution in [1.82, 2.24) is 15.5 Å². The molecule has 0 aliphatic rings. The molecular formula is C21H29N3O3. The molecule has 0 unspecified atom stereocenters. The van der Waals surface area contributed by atoms with Gasteiger partial charge in [-0.05, 0) is 75.4 Å². The number of nitrogens with zero attached hydrogens (tertiary/aromatic N) is 1. The monoisotopic (exact) mass is 371 g/mol. The van der Waals surface area contributed by atoms with Gasteiger partial charge in [0.05, 0.1) is 38.4 Å². The zero-order valence-electron chi connectivity index (χ0n) is 15.7. The molecule has 3 heterocycles. The fourth-order valence-corrected chi connectivity index (χ4v) is 3.00. The van der Waals surface area contributed by atoms with Gasteiger partial charge in [0, 0.05) is 0 Å². The van der Waals surface area contributed by atoms with Crippen LogP contribution in [0.5, 0.6) is 0 Å². The van der Waals surface area contributed by atoms with Crippen molar-refractivity contribution in [2.45, 2.75) is 32.5 Å². The molecule has 3 aromatic heterocycles. The Hall–Kier alpha value is -2.28. The van der Waals surface area contributed by atoms with Gasteiger partial charge in [-0.3, -0.25) is 4.90 Å². The zero-order valence-corrected chi connectivity index (χ0v) is 15.7. The fraction of sp³-hybridized carbons (Fsp3) is 0.429. The molecule has 146 valence electrons. The van der Waals surface area contributed by atoms with E-state index in [1.165, 1.54) is 0 Å². The van der Waals surface area contributed by atoms with Crippen LogP contribution in [0.25, 0.3) is 0 Å². The molecule has 3 rings (SSSR count). The Kier molecular flexibility index (Phi) is 8.25. The van der Waals surface area contributed by atoms with Gasteiger partial charge in [-0.2, -0.15) is 0 Å². The largest absolute Gasteiger partial charge is 0.468 e. The Morgan fingerprint density at radius 2 is 1.15 bits per heavy atom. The Balaban J connectivity index is 1.32. The third-order valence-electron chi connectivity index (χ3n) is 4.37. The third kappa shape index (κ3) is 7.46. The maximum absolute atomic E-state index is 5.52. The van der Waals surface area contributed by atoms with E-state index in [1.807, 2.05) is 36.4 Å². The van der Waals surface area contributed by atoms with Gasteiger partial charge in [0.2, 0.25) is 0 Å². The Morgan fingerprint density at radius 3 is 1.59 bits per heavy atom. The first kappa shape index (κ1) is 19.5. The van der Waals surface area contributed by atoms with Crippen molar-refractivity contribution in [3.8, 4) is 0 Å². The molecule has 6 nitrogen and oxygen atoms in total. The molecule has 0 spiro atoms. The van der Waals surface area contributed by atoms with E-state index >= 15 is 0 Å². The highest BCUT2D eigenvalue weighted by atomic mass is 16.3. The lowest BCUT2D eigenvalue weighted by Crippen LogP contribution is -2.30. The van der Waals surface area contributed by atoms with Crippen molar-refractivity contribution in [2.24, 2.45) is 0 Å². The molecule has 0 atom stereocenters. The van der Waals surface area contributed by atoms with Gasteiger partial charge < -0.3 is 23.9 Å². The van der Waals surface area contributed by atoms with Gasteiger partial charge >= 0.3 is 0 Å². The number of hydrogen-bond donors (Lipinski definition) is 2. The third-order valence-corrected chi connectivity index (χ3v) is 4.37. The van der Waals surface area contributed by atoms with Crippen LogP contribution < -0.4 is 10.6 Å². The SMILES string of the molecule is c1coc(CNCCCN(CCCNCc2ccco2)Cc2ccco2)c1. The summed E-state index contributed by atoms with van der Waals surface area (Å²) >= 11 is 0. The van der Waals surface area contributed by atoms with Crippen LogP contribution in [0.15, 0.2) is 68.4 Å². The Bertz CT molecular complexity index is 649. The van der Waals surface area contributed by atoms with E-state index in [0.717, 1.165) is 75.9 Å². The molecule has 3 aromatic rings. The summed E-state index contributed by atoms with van der Waals surface area (Å²) in [5.41, 5.74) is 0. The average Bonchev–Trinajstić information content (AvgIpc) is 3.44. The Morgan fingerprint density at radius 1 is 0.667 bits per heavy atom. The molecule has 0 saturated heterocycles. The molecule has 0 radical (unpaired) electrons. The molecule has 0 aliphatic heterocycles. The number of nitrogens with one attached hydrogen (secondary N) is 2. The predicted octanol–water partition coefficient (Wildman–Crippen LogP) is 3.63. The van der Waals surface area contributed by atoms with Crippen LogP contribution in [0, 0.1) is 0 Å². The second kappa shape index (κ2) is 11.4. The Labute approximate surface area is 160 Å². The molecule has 0 aromatic carbocycles. The van der Waals surface area contributed by atoms with Crippen LogP contribution in [-0.4, -0.2) is 31.1 Å². The maximum atomic E-state index is 5.52. The van der Waals surface area contributed by atoms with E-state index in [0.29, 0.717) is 0 Å². The second-order valence-corrected chi connectivity index (χ2v) is 6.57. The van der Waals surface area contributed by atoms with Crippen LogP contribution >= 0.6 is 0 Å². The van der Waals surface area contributed by atoms with Crippen molar-refractivity contribution in [3.63, 3.8) is 0 Å². The lowest BCUT2D eigenvalue weighted by molar-refractivity contribution is 0.236. The van der Waals surface area contributed by atoms with E-state index in [9.17, 15) is 0 Å². The zero-order chi connectivity index (χ0) is 18.6. The first-order valence-electron chi connectivity index (χ1n) is 9.61. The van der Waals surface area contributed by atoms with Gasteiger partial charge in [-0.1, -0.05) is 0 Å². The second-order valence-electron chi connectivity index (χ2n) is 6.57. The standard InChI is InChI=1S/C21H29N3O3/c1-6-19(25-13-1)16-22-9-4-11-24(18-21-8-3-15-27-21)12-5-10-23-17-20-7-2-14-26-20/h1-3,6-8,13-15,22-23H,4-5,9-12,16-18H2. The van der Waals surface area contributed by atoms with Crippen LogP contribution in [0.3, 0.4) is 0 Å². The summed E-state index contributed by atoms with van der Waals surface area (Å²) in [5.74, 6) is 2.97. The first-order valence-corrected chi connectivity index (χ1v) is 9.61. The van der Waals surface area contributed by atoms with Crippen molar-refractivity contribution in [3.05, 3.63) is 72.5 Å². The minimum absolute atomic E-state index is 0.780. The van der Waals surface area contributed by atoms with Gasteiger partial charge in [-0.15, -0.1) is 0 Å². The maximum Gasteiger partial charge on any atom is 0.117 e. The van der Waals surface area contributed by atoms with Crippen LogP contribution in [-0.2, 0) is 19.6 Å². The molecule has 2 N–H and O–H groups in total. The van der Waals surface area contributed by atoms with E-state index in [2.05, 4.69) is 15.5 Å². The molecule has 0 amide bonds. The summed E-state index contributed by atoms with van der Waals surface area (Å²) in [5, 5.41) is 6.85. The van der Waals surface area contributed by atoms with Crippen molar-refractivity contribution in [2.75, 3.05) is 26.2 Å². The van der Waals surface area contributed by atoms with Crippen molar-refractivity contribution < 1.29 is 13.3 Å².